The van der Waals surface area contributed by atoms with Crippen molar-refractivity contribution in [2.24, 2.45) is 0 Å². The zero-order chi connectivity index (χ0) is 12.4. The van der Waals surface area contributed by atoms with E-state index < -0.39 is 11.6 Å². The first-order chi connectivity index (χ1) is 8.11. The second-order valence-corrected chi connectivity index (χ2v) is 4.61. The van der Waals surface area contributed by atoms with E-state index in [0.717, 1.165) is 25.6 Å². The molecule has 1 N–H and O–H groups in total. The normalized spacial score (nSPS) is 25.1. The van der Waals surface area contributed by atoms with Crippen molar-refractivity contribution in [3.05, 3.63) is 29.8 Å². The highest BCUT2D eigenvalue weighted by Gasteiger charge is 2.25. The maximum atomic E-state index is 13.7. The number of nitrogens with zero attached hydrogens (tertiary/aromatic N) is 1. The van der Waals surface area contributed by atoms with Crippen LogP contribution in [0.1, 0.15) is 20.3 Å². The van der Waals surface area contributed by atoms with Crippen LogP contribution in [0.4, 0.5) is 14.5 Å². The van der Waals surface area contributed by atoms with Crippen LogP contribution >= 0.6 is 0 Å². The van der Waals surface area contributed by atoms with E-state index in [2.05, 4.69) is 12.2 Å². The van der Waals surface area contributed by atoms with Gasteiger partial charge < -0.3 is 10.2 Å². The first-order valence-corrected chi connectivity index (χ1v) is 6.07. The summed E-state index contributed by atoms with van der Waals surface area (Å²) in [5.74, 6) is -1.00. The molecule has 0 amide bonds. The van der Waals surface area contributed by atoms with E-state index in [0.29, 0.717) is 11.7 Å². The molecule has 0 bridgehead atoms. The minimum atomic E-state index is -0.527. The smallest absolute Gasteiger partial charge is 0.149 e. The first kappa shape index (κ1) is 12.3. The second kappa shape index (κ2) is 5.00. The Kier molecular flexibility index (Phi) is 3.62. The Balaban J connectivity index is 2.24. The lowest BCUT2D eigenvalue weighted by molar-refractivity contribution is 0.393. The molecule has 1 aromatic rings. The number of nitrogens with one attached hydrogen (secondary N) is 1. The zero-order valence-electron chi connectivity index (χ0n) is 10.2. The van der Waals surface area contributed by atoms with Gasteiger partial charge in [-0.2, -0.15) is 0 Å². The Bertz CT molecular complexity index is 395. The van der Waals surface area contributed by atoms with Gasteiger partial charge in [0, 0.05) is 31.2 Å². The van der Waals surface area contributed by atoms with Crippen LogP contribution in [0.2, 0.25) is 0 Å². The summed E-state index contributed by atoms with van der Waals surface area (Å²) in [6.07, 6.45) is 1.01. The SMILES string of the molecule is CCC1CN(c2ccc(F)cc2F)C(C)CN1. The Morgan fingerprint density at radius 3 is 2.82 bits per heavy atom. The van der Waals surface area contributed by atoms with E-state index in [9.17, 15) is 8.78 Å². The molecule has 1 aromatic carbocycles. The number of anilines is 1. The van der Waals surface area contributed by atoms with Crippen LogP contribution in [0, 0.1) is 11.6 Å². The molecule has 1 aliphatic heterocycles. The van der Waals surface area contributed by atoms with Crippen molar-refractivity contribution in [1.29, 1.82) is 0 Å². The fraction of sp³-hybridized carbons (Fsp3) is 0.538. The summed E-state index contributed by atoms with van der Waals surface area (Å²) in [6, 6.07) is 4.38. The van der Waals surface area contributed by atoms with Crippen molar-refractivity contribution >= 4 is 5.69 Å². The molecule has 94 valence electrons. The van der Waals surface area contributed by atoms with Crippen molar-refractivity contribution in [3.63, 3.8) is 0 Å². The molecule has 2 rings (SSSR count). The van der Waals surface area contributed by atoms with Crippen LogP contribution in [0.3, 0.4) is 0 Å². The average molecular weight is 240 g/mol. The number of hydrogen-bond acceptors (Lipinski definition) is 2. The summed E-state index contributed by atoms with van der Waals surface area (Å²) < 4.78 is 26.6. The predicted octanol–water partition coefficient (Wildman–Crippen LogP) is 2.54. The third kappa shape index (κ3) is 2.57. The maximum absolute atomic E-state index is 13.7. The summed E-state index contributed by atoms with van der Waals surface area (Å²) in [4.78, 5) is 2.01. The van der Waals surface area contributed by atoms with Gasteiger partial charge in [0.25, 0.3) is 0 Å². The number of halogens is 2. The molecule has 2 nitrogen and oxygen atoms in total. The molecule has 1 saturated heterocycles. The van der Waals surface area contributed by atoms with Crippen molar-refractivity contribution in [2.75, 3.05) is 18.0 Å². The van der Waals surface area contributed by atoms with Gasteiger partial charge in [0.2, 0.25) is 0 Å². The van der Waals surface area contributed by atoms with Crippen molar-refractivity contribution in [2.45, 2.75) is 32.4 Å². The summed E-state index contributed by atoms with van der Waals surface area (Å²) in [6.45, 7) is 5.74. The van der Waals surface area contributed by atoms with Gasteiger partial charge in [-0.1, -0.05) is 6.92 Å². The van der Waals surface area contributed by atoms with Crippen LogP contribution < -0.4 is 10.2 Å². The summed E-state index contributed by atoms with van der Waals surface area (Å²) in [5.41, 5.74) is 0.499. The van der Waals surface area contributed by atoms with E-state index in [1.807, 2.05) is 11.8 Å². The summed E-state index contributed by atoms with van der Waals surface area (Å²) in [7, 11) is 0. The Hall–Kier alpha value is -1.16. The third-order valence-electron chi connectivity index (χ3n) is 3.36. The third-order valence-corrected chi connectivity index (χ3v) is 3.36. The lowest BCUT2D eigenvalue weighted by Gasteiger charge is -2.40. The molecule has 1 heterocycles. The van der Waals surface area contributed by atoms with Gasteiger partial charge in [-0.3, -0.25) is 0 Å². The largest absolute Gasteiger partial charge is 0.364 e. The van der Waals surface area contributed by atoms with E-state index in [1.54, 1.807) is 0 Å². The van der Waals surface area contributed by atoms with Crippen molar-refractivity contribution in [3.8, 4) is 0 Å². The molecule has 0 aliphatic carbocycles. The Labute approximate surface area is 101 Å². The molecule has 0 saturated carbocycles. The number of hydrogen-bond donors (Lipinski definition) is 1. The van der Waals surface area contributed by atoms with Crippen LogP contribution in [0.25, 0.3) is 0 Å². The molecule has 2 atom stereocenters. The molecule has 1 aliphatic rings. The van der Waals surface area contributed by atoms with Crippen molar-refractivity contribution < 1.29 is 8.78 Å². The Morgan fingerprint density at radius 1 is 1.41 bits per heavy atom. The monoisotopic (exact) mass is 240 g/mol. The summed E-state index contributed by atoms with van der Waals surface area (Å²) in [5, 5.41) is 3.41. The van der Waals surface area contributed by atoms with Crippen molar-refractivity contribution in [1.82, 2.24) is 5.32 Å². The highest BCUT2D eigenvalue weighted by molar-refractivity contribution is 5.49. The second-order valence-electron chi connectivity index (χ2n) is 4.61. The molecule has 4 heteroatoms. The minimum absolute atomic E-state index is 0.220. The molecule has 2 unspecified atom stereocenters. The van der Waals surface area contributed by atoms with Crippen LogP contribution in [-0.2, 0) is 0 Å². The molecular weight excluding hydrogens is 222 g/mol. The number of piperazine rings is 1. The van der Waals surface area contributed by atoms with Gasteiger partial charge in [0.15, 0.2) is 0 Å². The molecule has 1 fully saturated rings. The molecule has 0 spiro atoms. The maximum Gasteiger partial charge on any atom is 0.149 e. The van der Waals surface area contributed by atoms with Gasteiger partial charge >= 0.3 is 0 Å². The van der Waals surface area contributed by atoms with Crippen LogP contribution in [-0.4, -0.2) is 25.2 Å². The molecule has 0 aromatic heterocycles. The molecule has 17 heavy (non-hydrogen) atoms. The van der Waals surface area contributed by atoms with E-state index in [1.165, 1.54) is 12.1 Å². The fourth-order valence-electron chi connectivity index (χ4n) is 2.25. The van der Waals surface area contributed by atoms with E-state index >= 15 is 0 Å². The van der Waals surface area contributed by atoms with Gasteiger partial charge in [0.1, 0.15) is 11.6 Å². The summed E-state index contributed by atoms with van der Waals surface area (Å²) >= 11 is 0. The van der Waals surface area contributed by atoms with Crippen LogP contribution in [0.5, 0.6) is 0 Å². The Morgan fingerprint density at radius 2 is 2.18 bits per heavy atom. The standard InChI is InChI=1S/C13H18F2N2/c1-3-11-8-17(9(2)7-16-11)13-5-4-10(14)6-12(13)15/h4-6,9,11,16H,3,7-8H2,1-2H3. The lowest BCUT2D eigenvalue weighted by atomic mass is 10.1. The highest BCUT2D eigenvalue weighted by atomic mass is 19.1. The molecular formula is C13H18F2N2. The van der Waals surface area contributed by atoms with Gasteiger partial charge in [0.05, 0.1) is 5.69 Å². The fourth-order valence-corrected chi connectivity index (χ4v) is 2.25. The first-order valence-electron chi connectivity index (χ1n) is 6.07. The number of benzene rings is 1. The van der Waals surface area contributed by atoms with Crippen LogP contribution in [0.15, 0.2) is 18.2 Å². The molecule has 0 radical (unpaired) electrons. The van der Waals surface area contributed by atoms with Gasteiger partial charge in [-0.15, -0.1) is 0 Å². The topological polar surface area (TPSA) is 15.3 Å². The number of rotatable bonds is 2. The van der Waals surface area contributed by atoms with Gasteiger partial charge in [-0.05, 0) is 25.5 Å². The predicted molar refractivity (Wildman–Crippen MR) is 65.2 cm³/mol. The zero-order valence-corrected chi connectivity index (χ0v) is 10.2. The van der Waals surface area contributed by atoms with Gasteiger partial charge in [-0.25, -0.2) is 8.78 Å². The van der Waals surface area contributed by atoms with E-state index in [-0.39, 0.29) is 6.04 Å². The quantitative estimate of drug-likeness (QED) is 0.854. The lowest BCUT2D eigenvalue weighted by Crippen LogP contribution is -2.55. The minimum Gasteiger partial charge on any atom is -0.364 e. The average Bonchev–Trinajstić information content (AvgIpc) is 2.30. The highest BCUT2D eigenvalue weighted by Crippen LogP contribution is 2.24. The van der Waals surface area contributed by atoms with E-state index in [4.69, 9.17) is 0 Å².